The van der Waals surface area contributed by atoms with E-state index >= 15 is 0 Å². The van der Waals surface area contributed by atoms with Crippen LogP contribution in [0.3, 0.4) is 0 Å². The van der Waals surface area contributed by atoms with Gasteiger partial charge in [-0.2, -0.15) is 5.10 Å². The molecule has 0 bridgehead atoms. The standard InChI is InChI=1S/C17H20FN5O3S/c1-9-6-11(9)23-14(24)13-10(2)12(7-22-16(25)19-8-20-22)27-15(13)21(17(23)26)5-3-4-18/h8-9,11H,3-7H2,1-2H3,(H,19,20,25)/t9-,11-/m0/s1. The molecule has 1 aliphatic carbocycles. The summed E-state index contributed by atoms with van der Waals surface area (Å²) in [5, 5.41) is 4.44. The first-order chi connectivity index (χ1) is 12.9. The molecule has 0 unspecified atom stereocenters. The van der Waals surface area contributed by atoms with Gasteiger partial charge in [0.1, 0.15) is 11.2 Å². The molecule has 27 heavy (non-hydrogen) atoms. The molecule has 3 aromatic heterocycles. The minimum Gasteiger partial charge on any atom is -0.295 e. The zero-order valence-electron chi connectivity index (χ0n) is 15.1. The molecule has 0 saturated heterocycles. The monoisotopic (exact) mass is 393 g/mol. The van der Waals surface area contributed by atoms with E-state index in [1.54, 1.807) is 0 Å². The van der Waals surface area contributed by atoms with Crippen LogP contribution in [0, 0.1) is 12.8 Å². The summed E-state index contributed by atoms with van der Waals surface area (Å²) in [4.78, 5) is 41.6. The fourth-order valence-corrected chi connectivity index (χ4v) is 4.76. The van der Waals surface area contributed by atoms with E-state index in [1.807, 2.05) is 13.8 Å². The van der Waals surface area contributed by atoms with Gasteiger partial charge in [-0.15, -0.1) is 11.3 Å². The molecule has 8 nitrogen and oxygen atoms in total. The molecule has 0 amide bonds. The van der Waals surface area contributed by atoms with E-state index in [1.165, 1.54) is 31.5 Å². The normalized spacial score (nSPS) is 19.1. The lowest BCUT2D eigenvalue weighted by molar-refractivity contribution is 0.439. The van der Waals surface area contributed by atoms with Crippen molar-refractivity contribution in [2.75, 3.05) is 6.67 Å². The Kier molecular flexibility index (Phi) is 4.37. The molecule has 3 aromatic rings. The van der Waals surface area contributed by atoms with Crippen molar-refractivity contribution in [3.05, 3.63) is 48.1 Å². The van der Waals surface area contributed by atoms with Gasteiger partial charge in [0.15, 0.2) is 0 Å². The van der Waals surface area contributed by atoms with E-state index < -0.39 is 6.67 Å². The maximum absolute atomic E-state index is 13.1. The number of hydrogen-bond acceptors (Lipinski definition) is 5. The number of fused-ring (bicyclic) bond motifs is 1. The Bertz CT molecular complexity index is 1180. The number of thiophene rings is 1. The predicted octanol–water partition coefficient (Wildman–Crippen LogP) is 1.41. The number of aryl methyl sites for hydroxylation is 2. The molecule has 1 aliphatic rings. The Morgan fingerprint density at radius 3 is 2.70 bits per heavy atom. The topological polar surface area (TPSA) is 94.7 Å². The van der Waals surface area contributed by atoms with Crippen LogP contribution in [0.1, 0.15) is 36.2 Å². The van der Waals surface area contributed by atoms with Crippen molar-refractivity contribution in [2.24, 2.45) is 5.92 Å². The molecule has 1 fully saturated rings. The lowest BCUT2D eigenvalue weighted by Gasteiger charge is -2.11. The molecule has 2 atom stereocenters. The highest BCUT2D eigenvalue weighted by Gasteiger charge is 2.38. The van der Waals surface area contributed by atoms with Gasteiger partial charge in [-0.3, -0.25) is 23.3 Å². The van der Waals surface area contributed by atoms with Gasteiger partial charge >= 0.3 is 11.4 Å². The Hall–Kier alpha value is -2.49. The first kappa shape index (κ1) is 17.9. The third-order valence-corrected chi connectivity index (χ3v) is 6.47. The zero-order chi connectivity index (χ0) is 19.3. The Morgan fingerprint density at radius 2 is 2.11 bits per heavy atom. The van der Waals surface area contributed by atoms with Crippen LogP contribution < -0.4 is 16.9 Å². The lowest BCUT2D eigenvalue weighted by Crippen LogP contribution is -2.39. The van der Waals surface area contributed by atoms with Gasteiger partial charge in [-0.25, -0.2) is 14.3 Å². The third kappa shape index (κ3) is 2.88. The molecule has 0 aromatic carbocycles. The van der Waals surface area contributed by atoms with Crippen LogP contribution in [-0.4, -0.2) is 30.6 Å². The van der Waals surface area contributed by atoms with E-state index in [9.17, 15) is 18.8 Å². The molecule has 0 spiro atoms. The zero-order valence-corrected chi connectivity index (χ0v) is 15.9. The number of aromatic nitrogens is 5. The predicted molar refractivity (Wildman–Crippen MR) is 100 cm³/mol. The van der Waals surface area contributed by atoms with Gasteiger partial charge in [0, 0.05) is 17.5 Å². The summed E-state index contributed by atoms with van der Waals surface area (Å²) >= 11 is 1.29. The molecule has 1 N–H and O–H groups in total. The van der Waals surface area contributed by atoms with Crippen LogP contribution in [0.5, 0.6) is 0 Å². The summed E-state index contributed by atoms with van der Waals surface area (Å²) in [7, 11) is 0. The van der Waals surface area contributed by atoms with Gasteiger partial charge < -0.3 is 0 Å². The average Bonchev–Trinajstić information content (AvgIpc) is 3.04. The number of alkyl halides is 1. The van der Waals surface area contributed by atoms with Crippen molar-refractivity contribution in [2.45, 2.75) is 45.8 Å². The lowest BCUT2D eigenvalue weighted by atomic mass is 10.2. The van der Waals surface area contributed by atoms with Gasteiger partial charge in [-0.05, 0) is 31.2 Å². The second-order valence-electron chi connectivity index (χ2n) is 7.01. The van der Waals surface area contributed by atoms with Crippen molar-refractivity contribution in [3.63, 3.8) is 0 Å². The Labute approximate surface area is 156 Å². The summed E-state index contributed by atoms with van der Waals surface area (Å²) in [5.74, 6) is 0.281. The van der Waals surface area contributed by atoms with Crippen LogP contribution in [-0.2, 0) is 13.1 Å². The largest absolute Gasteiger partial charge is 0.343 e. The number of halogens is 1. The fourth-order valence-electron chi connectivity index (χ4n) is 3.46. The van der Waals surface area contributed by atoms with Crippen molar-refractivity contribution in [3.8, 4) is 0 Å². The van der Waals surface area contributed by atoms with Crippen LogP contribution in [0.4, 0.5) is 4.39 Å². The third-order valence-electron chi connectivity index (χ3n) is 5.17. The molecule has 3 heterocycles. The Morgan fingerprint density at radius 1 is 1.37 bits per heavy atom. The molecule has 144 valence electrons. The summed E-state index contributed by atoms with van der Waals surface area (Å²) in [5.41, 5.74) is -0.271. The summed E-state index contributed by atoms with van der Waals surface area (Å²) in [6.07, 6.45) is 2.31. The quantitative estimate of drug-likeness (QED) is 0.685. The van der Waals surface area contributed by atoms with Crippen LogP contribution in [0.2, 0.25) is 0 Å². The van der Waals surface area contributed by atoms with Gasteiger partial charge in [0.2, 0.25) is 0 Å². The maximum atomic E-state index is 13.1. The number of nitrogens with one attached hydrogen (secondary N) is 1. The molecule has 4 rings (SSSR count). The van der Waals surface area contributed by atoms with Crippen molar-refractivity contribution in [1.29, 1.82) is 0 Å². The first-order valence-electron chi connectivity index (χ1n) is 8.87. The minimum absolute atomic E-state index is 0.0947. The highest BCUT2D eigenvalue weighted by atomic mass is 32.1. The van der Waals surface area contributed by atoms with Crippen LogP contribution in [0.25, 0.3) is 10.2 Å². The van der Waals surface area contributed by atoms with Gasteiger partial charge in [0.05, 0.1) is 18.6 Å². The summed E-state index contributed by atoms with van der Waals surface area (Å²) in [6.45, 7) is 3.71. The van der Waals surface area contributed by atoms with Crippen molar-refractivity contribution >= 4 is 21.6 Å². The van der Waals surface area contributed by atoms with Crippen LogP contribution >= 0.6 is 11.3 Å². The summed E-state index contributed by atoms with van der Waals surface area (Å²) < 4.78 is 16.9. The van der Waals surface area contributed by atoms with Gasteiger partial charge in [-0.1, -0.05) is 6.92 Å². The highest BCUT2D eigenvalue weighted by molar-refractivity contribution is 7.18. The second-order valence-corrected chi connectivity index (χ2v) is 8.10. The van der Waals surface area contributed by atoms with Crippen LogP contribution in [0.15, 0.2) is 20.7 Å². The SMILES string of the molecule is Cc1c(Cn2nc[nH]c2=O)sc2c1c(=O)n([C@H]1C[C@@H]1C)c(=O)n2CCCF. The van der Waals surface area contributed by atoms with Crippen molar-refractivity contribution in [1.82, 2.24) is 23.9 Å². The number of hydrogen-bond donors (Lipinski definition) is 1. The molecular formula is C17H20FN5O3S. The maximum Gasteiger partial charge on any atom is 0.343 e. The molecule has 10 heteroatoms. The summed E-state index contributed by atoms with van der Waals surface area (Å²) in [6, 6.07) is -0.0947. The number of rotatable bonds is 6. The number of nitrogens with zero attached hydrogens (tertiary/aromatic N) is 4. The number of aromatic amines is 1. The van der Waals surface area contributed by atoms with Gasteiger partial charge in [0.25, 0.3) is 5.56 Å². The molecule has 0 aliphatic heterocycles. The minimum atomic E-state index is -0.535. The van der Waals surface area contributed by atoms with E-state index in [2.05, 4.69) is 10.1 Å². The smallest absolute Gasteiger partial charge is 0.295 e. The van der Waals surface area contributed by atoms with E-state index in [-0.39, 0.29) is 48.4 Å². The Balaban J connectivity index is 1.94. The van der Waals surface area contributed by atoms with E-state index in [4.69, 9.17) is 0 Å². The average molecular weight is 393 g/mol. The molecular weight excluding hydrogens is 373 g/mol. The molecule has 1 saturated carbocycles. The number of H-pyrrole nitrogens is 1. The molecule has 0 radical (unpaired) electrons. The van der Waals surface area contributed by atoms with Crippen molar-refractivity contribution < 1.29 is 4.39 Å². The fraction of sp³-hybridized carbons (Fsp3) is 0.529. The highest BCUT2D eigenvalue weighted by Crippen LogP contribution is 2.41. The first-order valence-corrected chi connectivity index (χ1v) is 9.69. The van der Waals surface area contributed by atoms with E-state index in [0.717, 1.165) is 16.9 Å². The second kappa shape index (κ2) is 6.59. The van der Waals surface area contributed by atoms with E-state index in [0.29, 0.717) is 10.2 Å².